The Kier molecular flexibility index (Phi) is 15.8. The highest BCUT2D eigenvalue weighted by Crippen LogP contribution is 2.39. The minimum absolute atomic E-state index is 0.0200. The van der Waals surface area contributed by atoms with Crippen LogP contribution < -0.4 is 0 Å². The van der Waals surface area contributed by atoms with Crippen LogP contribution >= 0.6 is 0 Å². The van der Waals surface area contributed by atoms with E-state index in [1.807, 2.05) is 25.9 Å². The number of hydrogen-bond acceptors (Lipinski definition) is 15. The van der Waals surface area contributed by atoms with Crippen LogP contribution in [0.3, 0.4) is 0 Å². The Bertz CT molecular complexity index is 1810. The molecule has 3 aliphatic heterocycles. The summed E-state index contributed by atoms with van der Waals surface area (Å²) in [6.07, 6.45) is -6.50. The summed E-state index contributed by atoms with van der Waals surface area (Å²) in [4.78, 5) is 61.7. The van der Waals surface area contributed by atoms with Gasteiger partial charge in [-0.15, -0.1) is 0 Å². The van der Waals surface area contributed by atoms with Gasteiger partial charge in [-0.1, -0.05) is 62.3 Å². The SMILES string of the molecule is CC[C@H]1OC(=O)[C@H](C)[C@H]2C[C@@H](OC3O[C@H](C)C[C@H](N(C)C)[C@H]3OC(=O)c3ccccc3)[C@](C)(C[C@@H](C)/C(=N\OC(=O)c3ccccc3)[C@H](C)[C@@H](O)[C@]1(C)O)OCC(=O)CO2. The number of cyclic esters (lactones) is 1. The van der Waals surface area contributed by atoms with Crippen LogP contribution in [0, 0.1) is 17.8 Å². The van der Waals surface area contributed by atoms with Crippen LogP contribution in [0.15, 0.2) is 65.8 Å². The van der Waals surface area contributed by atoms with Gasteiger partial charge in [0, 0.05) is 18.3 Å². The number of Topliss-reactive ketones (excluding diaryl/α,β-unsaturated/α-hetero) is 1. The summed E-state index contributed by atoms with van der Waals surface area (Å²) in [5.74, 6) is -5.08. The number of aliphatic hydroxyl groups excluding tert-OH is 1. The Labute approximate surface area is 352 Å². The van der Waals surface area contributed by atoms with Gasteiger partial charge in [-0.25, -0.2) is 9.59 Å². The van der Waals surface area contributed by atoms with Gasteiger partial charge in [-0.2, -0.15) is 0 Å². The molecule has 0 radical (unpaired) electrons. The lowest BCUT2D eigenvalue weighted by molar-refractivity contribution is -0.293. The van der Waals surface area contributed by atoms with Crippen LogP contribution in [-0.2, 0) is 42.8 Å². The van der Waals surface area contributed by atoms with Gasteiger partial charge < -0.3 is 48.4 Å². The van der Waals surface area contributed by atoms with E-state index in [9.17, 15) is 29.4 Å². The first kappa shape index (κ1) is 47.0. The Balaban J connectivity index is 1.63. The summed E-state index contributed by atoms with van der Waals surface area (Å²) < 4.78 is 38.4. The second-order valence-corrected chi connectivity index (χ2v) is 17.1. The number of hydrogen-bond donors (Lipinski definition) is 2. The van der Waals surface area contributed by atoms with Crippen molar-refractivity contribution in [3.05, 3.63) is 71.8 Å². The lowest BCUT2D eigenvalue weighted by atomic mass is 9.75. The predicted octanol–water partition coefficient (Wildman–Crippen LogP) is 4.75. The van der Waals surface area contributed by atoms with E-state index >= 15 is 0 Å². The summed E-state index contributed by atoms with van der Waals surface area (Å²) in [7, 11) is 3.76. The summed E-state index contributed by atoms with van der Waals surface area (Å²) >= 11 is 0. The third-order valence-electron chi connectivity index (χ3n) is 12.2. The largest absolute Gasteiger partial charge is 0.459 e. The van der Waals surface area contributed by atoms with Crippen LogP contribution in [0.4, 0.5) is 0 Å². The van der Waals surface area contributed by atoms with E-state index in [0.717, 1.165) is 0 Å². The molecule has 60 heavy (non-hydrogen) atoms. The normalized spacial score (nSPS) is 36.7. The highest BCUT2D eigenvalue weighted by molar-refractivity contribution is 5.92. The van der Waals surface area contributed by atoms with Gasteiger partial charge in [0.25, 0.3) is 0 Å². The molecule has 0 amide bonds. The van der Waals surface area contributed by atoms with Crippen LogP contribution in [0.2, 0.25) is 0 Å². The number of fused-ring (bicyclic) bond motifs is 3. The average Bonchev–Trinajstić information content (AvgIpc) is 3.28. The number of carbonyl (C=O) groups is 4. The maximum absolute atomic E-state index is 14.0. The lowest BCUT2D eigenvalue weighted by Crippen LogP contribution is -2.59. The van der Waals surface area contributed by atoms with E-state index in [1.165, 1.54) is 6.92 Å². The molecule has 0 aliphatic carbocycles. The maximum atomic E-state index is 14.0. The lowest BCUT2D eigenvalue weighted by Gasteiger charge is -2.47. The topological polar surface area (TPSA) is 189 Å². The average molecular weight is 839 g/mol. The molecular weight excluding hydrogens is 776 g/mol. The minimum atomic E-state index is -1.99. The van der Waals surface area contributed by atoms with Crippen molar-refractivity contribution in [2.45, 2.75) is 134 Å². The Morgan fingerprint density at radius 1 is 0.900 bits per heavy atom. The Morgan fingerprint density at radius 3 is 2.12 bits per heavy atom. The number of benzene rings is 2. The summed E-state index contributed by atoms with van der Waals surface area (Å²) in [5, 5.41) is 28.2. The molecule has 0 spiro atoms. The molecule has 2 aromatic rings. The van der Waals surface area contributed by atoms with E-state index in [-0.39, 0.29) is 55.9 Å². The molecule has 15 heteroatoms. The molecule has 3 heterocycles. The van der Waals surface area contributed by atoms with Crippen molar-refractivity contribution >= 4 is 29.4 Å². The van der Waals surface area contributed by atoms with E-state index < -0.39 is 89.5 Å². The number of oxime groups is 1. The van der Waals surface area contributed by atoms with Gasteiger partial charge in [0.2, 0.25) is 0 Å². The van der Waals surface area contributed by atoms with Crippen molar-refractivity contribution < 1.29 is 62.6 Å². The van der Waals surface area contributed by atoms with E-state index in [1.54, 1.807) is 95.3 Å². The van der Waals surface area contributed by atoms with Gasteiger partial charge in [0.1, 0.15) is 24.9 Å². The zero-order chi connectivity index (χ0) is 43.9. The molecule has 5 rings (SSSR count). The number of ether oxygens (including phenoxy) is 6. The van der Waals surface area contributed by atoms with Crippen LogP contribution in [0.5, 0.6) is 0 Å². The monoisotopic (exact) mass is 838 g/mol. The van der Waals surface area contributed by atoms with Gasteiger partial charge >= 0.3 is 17.9 Å². The van der Waals surface area contributed by atoms with Crippen molar-refractivity contribution in [3.63, 3.8) is 0 Å². The molecule has 0 aromatic heterocycles. The molecule has 3 saturated heterocycles. The molecule has 330 valence electrons. The minimum Gasteiger partial charge on any atom is -0.459 e. The van der Waals surface area contributed by atoms with Gasteiger partial charge in [0.05, 0.1) is 58.8 Å². The third kappa shape index (κ3) is 11.0. The number of carbonyl (C=O) groups excluding carboxylic acids is 4. The molecule has 15 nitrogen and oxygen atoms in total. The molecule has 0 saturated carbocycles. The first-order valence-corrected chi connectivity index (χ1v) is 20.8. The van der Waals surface area contributed by atoms with Crippen molar-refractivity contribution in [2.75, 3.05) is 27.3 Å². The number of esters is 2. The standard InChI is InChI=1S/C45H62N2O13/c1-10-35-45(7,53)39(49)29(5)37(46-60-42(52)31-19-15-12-16-20-31)26(2)23-44(6)36(22-34(28(4)40(50)57-35)54-24-32(48)25-55-44)58-43-38(33(47(8)9)21-27(3)56-43)59-41(51)30-17-13-11-14-18-30/h11-20,26-29,33-36,38-39,43,49,53H,10,21-25H2,1-9H3/b46-37+/t26-,27-,28-,29+,33+,34-,35-,36-,38-,39-,43?,44+,45-/m1/s1. The van der Waals surface area contributed by atoms with E-state index in [2.05, 4.69) is 5.16 Å². The molecule has 2 bridgehead atoms. The number of rotatable bonds is 8. The summed E-state index contributed by atoms with van der Waals surface area (Å²) in [5.41, 5.74) is -2.62. The zero-order valence-corrected chi connectivity index (χ0v) is 36.1. The van der Waals surface area contributed by atoms with Crippen LogP contribution in [0.1, 0.15) is 94.9 Å². The number of ketones is 1. The molecule has 3 fully saturated rings. The molecule has 3 aliphatic rings. The second kappa shape index (κ2) is 20.2. The fourth-order valence-electron chi connectivity index (χ4n) is 8.47. The smallest absolute Gasteiger partial charge is 0.365 e. The molecule has 13 atom stereocenters. The maximum Gasteiger partial charge on any atom is 0.365 e. The van der Waals surface area contributed by atoms with Gasteiger partial charge in [-0.3, -0.25) is 9.59 Å². The molecular formula is C45H62N2O13. The van der Waals surface area contributed by atoms with Crippen molar-refractivity contribution in [3.8, 4) is 0 Å². The van der Waals surface area contributed by atoms with E-state index in [0.29, 0.717) is 12.0 Å². The van der Waals surface area contributed by atoms with Gasteiger partial charge in [-0.05, 0) is 85.3 Å². The van der Waals surface area contributed by atoms with Crippen molar-refractivity contribution in [2.24, 2.45) is 22.9 Å². The zero-order valence-electron chi connectivity index (χ0n) is 36.1. The fourth-order valence-corrected chi connectivity index (χ4v) is 8.47. The first-order chi connectivity index (χ1) is 28.4. The number of likely N-dealkylation sites (N-methyl/N-ethyl adjacent to an activating group) is 1. The fraction of sp³-hybridized carbons (Fsp3) is 0.622. The number of nitrogens with zero attached hydrogens (tertiary/aromatic N) is 2. The van der Waals surface area contributed by atoms with Crippen molar-refractivity contribution in [1.82, 2.24) is 4.90 Å². The Morgan fingerprint density at radius 2 is 1.52 bits per heavy atom. The third-order valence-corrected chi connectivity index (χ3v) is 12.2. The highest BCUT2D eigenvalue weighted by Gasteiger charge is 2.51. The second-order valence-electron chi connectivity index (χ2n) is 17.1. The highest BCUT2D eigenvalue weighted by atomic mass is 16.7. The molecule has 2 N–H and O–H groups in total. The summed E-state index contributed by atoms with van der Waals surface area (Å²) in [6.45, 7) is 11.0. The Hall–Kier alpha value is -4.09. The number of aliphatic hydroxyl groups is 2. The van der Waals surface area contributed by atoms with E-state index in [4.69, 9.17) is 33.3 Å². The van der Waals surface area contributed by atoms with Crippen molar-refractivity contribution in [1.29, 1.82) is 0 Å². The summed E-state index contributed by atoms with van der Waals surface area (Å²) in [6, 6.07) is 16.5. The first-order valence-electron chi connectivity index (χ1n) is 20.8. The predicted molar refractivity (Wildman–Crippen MR) is 219 cm³/mol. The quantitative estimate of drug-likeness (QED) is 0.211. The van der Waals surface area contributed by atoms with Crippen LogP contribution in [0.25, 0.3) is 0 Å². The molecule has 1 unspecified atom stereocenters. The van der Waals surface area contributed by atoms with Gasteiger partial charge in [0.15, 0.2) is 18.2 Å². The molecule has 2 aromatic carbocycles. The van der Waals surface area contributed by atoms with Crippen LogP contribution in [-0.4, -0.2) is 132 Å².